The van der Waals surface area contributed by atoms with E-state index >= 15 is 0 Å². The molecular weight excluding hydrogens is 171 g/mol. The molecule has 3 heteroatoms. The number of rotatable bonds is 3. The molecule has 1 aromatic rings. The average Bonchev–Trinajstić information content (AvgIpc) is 2.09. The molecule has 0 amide bonds. The average molecular weight is 182 g/mol. The van der Waals surface area contributed by atoms with Gasteiger partial charge in [0.2, 0.25) is 0 Å². The summed E-state index contributed by atoms with van der Waals surface area (Å²) in [5, 5.41) is 0. The van der Waals surface area contributed by atoms with Crippen LogP contribution >= 0.6 is 8.46 Å². The van der Waals surface area contributed by atoms with Gasteiger partial charge in [0.25, 0.3) is 0 Å². The summed E-state index contributed by atoms with van der Waals surface area (Å²) in [6.45, 7) is 3.77. The van der Waals surface area contributed by atoms with E-state index in [1.807, 2.05) is 31.2 Å². The molecule has 1 unspecified atom stereocenters. The van der Waals surface area contributed by atoms with E-state index in [4.69, 9.17) is 4.74 Å². The molecule has 64 valence electrons. The maximum absolute atomic E-state index is 10.3. The maximum atomic E-state index is 10.3. The third-order valence-corrected chi connectivity index (χ3v) is 1.88. The summed E-state index contributed by atoms with van der Waals surface area (Å²) >= 11 is 0. The third-order valence-electron chi connectivity index (χ3n) is 1.48. The largest absolute Gasteiger partial charge is 0.479 e. The van der Waals surface area contributed by atoms with E-state index in [-0.39, 0.29) is 14.3 Å². The van der Waals surface area contributed by atoms with Gasteiger partial charge >= 0.3 is 0 Å². The third kappa shape index (κ3) is 2.63. The first-order valence-corrected chi connectivity index (χ1v) is 4.66. The Morgan fingerprint density at radius 1 is 1.33 bits per heavy atom. The van der Waals surface area contributed by atoms with Crippen LogP contribution in [0.25, 0.3) is 0 Å². The summed E-state index contributed by atoms with van der Waals surface area (Å²) in [6.07, 6.45) is 0. The van der Waals surface area contributed by atoms with E-state index in [1.54, 1.807) is 6.92 Å². The number of aryl methyl sites for hydroxylation is 1. The topological polar surface area (TPSA) is 26.3 Å². The predicted octanol–water partition coefficient (Wildman–Crippen LogP) is 3.01. The van der Waals surface area contributed by atoms with Gasteiger partial charge in [-0.15, -0.1) is 0 Å². The van der Waals surface area contributed by atoms with Gasteiger partial charge in [-0.2, -0.15) is 0 Å². The van der Waals surface area contributed by atoms with Gasteiger partial charge in [-0.3, -0.25) is 4.57 Å². The number of benzene rings is 1. The Balaban J connectivity index is 2.64. The highest BCUT2D eigenvalue weighted by Gasteiger charge is 2.00. The lowest BCUT2D eigenvalue weighted by Gasteiger charge is -2.06. The van der Waals surface area contributed by atoms with Crippen LogP contribution in [0.3, 0.4) is 0 Å². The van der Waals surface area contributed by atoms with E-state index in [0.717, 1.165) is 5.75 Å². The highest BCUT2D eigenvalue weighted by Crippen LogP contribution is 2.16. The second kappa shape index (κ2) is 4.22. The van der Waals surface area contributed by atoms with E-state index in [9.17, 15) is 4.57 Å². The van der Waals surface area contributed by atoms with Crippen molar-refractivity contribution >= 4 is 8.46 Å². The molecule has 0 saturated carbocycles. The fourth-order valence-electron chi connectivity index (χ4n) is 0.835. The first-order chi connectivity index (χ1) is 5.72. The second-order valence-electron chi connectivity index (χ2n) is 2.64. The summed E-state index contributed by atoms with van der Waals surface area (Å²) in [5.74, 6) is 0.490. The fraction of sp³-hybridized carbons (Fsp3) is 0.333. The quantitative estimate of drug-likeness (QED) is 0.671. The molecule has 0 saturated heterocycles. The van der Waals surface area contributed by atoms with Gasteiger partial charge in [0.1, 0.15) is 5.75 Å². The Morgan fingerprint density at radius 3 is 2.42 bits per heavy atom. The van der Waals surface area contributed by atoms with E-state index < -0.39 is 0 Å². The van der Waals surface area contributed by atoms with Crippen molar-refractivity contribution in [3.8, 4) is 5.75 Å². The molecule has 0 aliphatic heterocycles. The van der Waals surface area contributed by atoms with Gasteiger partial charge in [-0.05, 0) is 26.0 Å². The number of hydrogen-bond acceptors (Lipinski definition) is 2. The highest BCUT2D eigenvalue weighted by atomic mass is 31.1. The van der Waals surface area contributed by atoms with Crippen molar-refractivity contribution in [3.05, 3.63) is 29.8 Å². The monoisotopic (exact) mass is 182 g/mol. The molecule has 0 N–H and O–H groups in total. The zero-order valence-corrected chi connectivity index (χ0v) is 8.04. The molecule has 0 bridgehead atoms. The Bertz CT molecular complexity index is 256. The van der Waals surface area contributed by atoms with E-state index in [2.05, 4.69) is 0 Å². The van der Waals surface area contributed by atoms with Crippen LogP contribution in [0.4, 0.5) is 0 Å². The van der Waals surface area contributed by atoms with Crippen LogP contribution in [-0.2, 0) is 4.57 Å². The van der Waals surface area contributed by atoms with Crippen LogP contribution in [-0.4, -0.2) is 5.85 Å². The smallest absolute Gasteiger partial charge is 0.200 e. The standard InChI is InChI=1S/C9H11O2P/c1-7-3-5-9(6-4-7)11-8(2)12-10/h3-6,8H,1-2H3. The van der Waals surface area contributed by atoms with Gasteiger partial charge in [0.05, 0.1) is 0 Å². The molecule has 1 aromatic carbocycles. The number of ether oxygens (including phenoxy) is 1. The Kier molecular flexibility index (Phi) is 3.24. The first kappa shape index (κ1) is 9.21. The second-order valence-corrected chi connectivity index (χ2v) is 3.57. The van der Waals surface area contributed by atoms with Crippen molar-refractivity contribution < 1.29 is 9.30 Å². The number of hydrogen-bond donors (Lipinski definition) is 0. The van der Waals surface area contributed by atoms with Crippen molar-refractivity contribution in [2.75, 3.05) is 0 Å². The van der Waals surface area contributed by atoms with Crippen LogP contribution in [0, 0.1) is 6.92 Å². The molecule has 0 aromatic heterocycles. The van der Waals surface area contributed by atoms with Gasteiger partial charge in [-0.1, -0.05) is 17.7 Å². The summed E-state index contributed by atoms with van der Waals surface area (Å²) in [5.41, 5.74) is 1.19. The summed E-state index contributed by atoms with van der Waals surface area (Å²) in [7, 11) is 0.0168. The summed E-state index contributed by atoms with van der Waals surface area (Å²) < 4.78 is 15.6. The molecular formula is C9H11O2P. The Labute approximate surface area is 73.8 Å². The molecule has 1 rings (SSSR count). The van der Waals surface area contributed by atoms with E-state index in [0.29, 0.717) is 0 Å². The van der Waals surface area contributed by atoms with Gasteiger partial charge in [0, 0.05) is 0 Å². The molecule has 0 spiro atoms. The van der Waals surface area contributed by atoms with Gasteiger partial charge < -0.3 is 4.74 Å². The Hall–Kier alpha value is -0.880. The first-order valence-electron chi connectivity index (χ1n) is 3.78. The predicted molar refractivity (Wildman–Crippen MR) is 48.9 cm³/mol. The minimum Gasteiger partial charge on any atom is -0.479 e. The van der Waals surface area contributed by atoms with Crippen LogP contribution in [0.2, 0.25) is 0 Å². The fourth-order valence-corrected chi connectivity index (χ4v) is 1.00. The minimum absolute atomic E-state index is 0.0168. The lowest BCUT2D eigenvalue weighted by atomic mass is 10.2. The van der Waals surface area contributed by atoms with Crippen LogP contribution in [0.5, 0.6) is 5.75 Å². The molecule has 0 fully saturated rings. The van der Waals surface area contributed by atoms with Crippen molar-refractivity contribution in [2.45, 2.75) is 19.7 Å². The molecule has 0 aliphatic rings. The molecule has 0 aliphatic carbocycles. The molecule has 2 nitrogen and oxygen atoms in total. The van der Waals surface area contributed by atoms with Crippen LogP contribution < -0.4 is 4.74 Å². The SMILES string of the molecule is Cc1ccc(OC(C)P=O)cc1. The Morgan fingerprint density at radius 2 is 1.92 bits per heavy atom. The van der Waals surface area contributed by atoms with Crippen LogP contribution in [0.1, 0.15) is 12.5 Å². The van der Waals surface area contributed by atoms with Gasteiger partial charge in [-0.25, -0.2) is 0 Å². The summed E-state index contributed by atoms with van der Waals surface area (Å²) in [4.78, 5) is 0. The molecule has 12 heavy (non-hydrogen) atoms. The minimum atomic E-state index is -0.271. The lowest BCUT2D eigenvalue weighted by molar-refractivity contribution is 0.299. The normalized spacial score (nSPS) is 12.8. The van der Waals surface area contributed by atoms with E-state index in [1.165, 1.54) is 5.56 Å². The van der Waals surface area contributed by atoms with Crippen molar-refractivity contribution in [1.82, 2.24) is 0 Å². The van der Waals surface area contributed by atoms with Gasteiger partial charge in [0.15, 0.2) is 14.3 Å². The van der Waals surface area contributed by atoms with Crippen molar-refractivity contribution in [2.24, 2.45) is 0 Å². The maximum Gasteiger partial charge on any atom is 0.200 e. The van der Waals surface area contributed by atoms with Crippen LogP contribution in [0.15, 0.2) is 24.3 Å². The molecule has 1 atom stereocenters. The zero-order chi connectivity index (χ0) is 8.97. The highest BCUT2D eigenvalue weighted by molar-refractivity contribution is 7.24. The van der Waals surface area contributed by atoms with Crippen molar-refractivity contribution in [1.29, 1.82) is 0 Å². The molecule has 0 heterocycles. The zero-order valence-electron chi connectivity index (χ0n) is 7.15. The van der Waals surface area contributed by atoms with Crippen molar-refractivity contribution in [3.63, 3.8) is 0 Å². The molecule has 0 radical (unpaired) electrons. The lowest BCUT2D eigenvalue weighted by Crippen LogP contribution is -2.02. The summed E-state index contributed by atoms with van der Waals surface area (Å²) in [6, 6.07) is 7.67.